The number of aliphatic carboxylic acids is 1. The number of carboxylic acids is 1. The monoisotopic (exact) mass is 479 g/mol. The second-order valence-corrected chi connectivity index (χ2v) is 8.55. The van der Waals surface area contributed by atoms with Crippen LogP contribution in [0.4, 0.5) is 5.82 Å². The van der Waals surface area contributed by atoms with Gasteiger partial charge >= 0.3 is 5.97 Å². The van der Waals surface area contributed by atoms with E-state index < -0.39 is 17.9 Å². The summed E-state index contributed by atoms with van der Waals surface area (Å²) in [6.45, 7) is 1.42. The summed E-state index contributed by atoms with van der Waals surface area (Å²) in [6.07, 6.45) is 2.86. The average Bonchev–Trinajstić information content (AvgIpc) is 2.84. The van der Waals surface area contributed by atoms with Gasteiger partial charge in [0.15, 0.2) is 11.6 Å². The number of hydrogen-bond acceptors (Lipinski definition) is 5. The fraction of sp³-hybridized carbons (Fsp3) is 0.269. The molecule has 1 aromatic heterocycles. The summed E-state index contributed by atoms with van der Waals surface area (Å²) in [5, 5.41) is 15.7. The summed E-state index contributed by atoms with van der Waals surface area (Å²) < 4.78 is 5.56. The molecule has 0 saturated heterocycles. The Bertz CT molecular complexity index is 1170. The number of fused-ring (bicyclic) bond motifs is 1. The van der Waals surface area contributed by atoms with Gasteiger partial charge in [-0.25, -0.2) is 9.78 Å². The Kier molecular flexibility index (Phi) is 7.65. The van der Waals surface area contributed by atoms with Crippen LogP contribution >= 0.6 is 11.6 Å². The predicted molar refractivity (Wildman–Crippen MR) is 131 cm³/mol. The van der Waals surface area contributed by atoms with E-state index >= 15 is 0 Å². The smallest absolute Gasteiger partial charge is 0.326 e. The summed E-state index contributed by atoms with van der Waals surface area (Å²) >= 11 is 6.05. The first-order valence-corrected chi connectivity index (χ1v) is 11.6. The SMILES string of the molecule is O=C(N[C@@H](Cc1ccc(CCCc2ccc3c(n2)NCCO3)cc1)C(=O)O)c1ccccc1Cl. The van der Waals surface area contributed by atoms with E-state index in [1.54, 1.807) is 24.3 Å². The van der Waals surface area contributed by atoms with Gasteiger partial charge in [0.25, 0.3) is 5.91 Å². The Morgan fingerprint density at radius 1 is 1.06 bits per heavy atom. The molecule has 3 aromatic rings. The Hall–Kier alpha value is -3.58. The van der Waals surface area contributed by atoms with Gasteiger partial charge in [-0.1, -0.05) is 48.0 Å². The minimum atomic E-state index is -1.10. The van der Waals surface area contributed by atoms with Gasteiger partial charge in [-0.15, -0.1) is 0 Å². The number of halogens is 1. The lowest BCUT2D eigenvalue weighted by atomic mass is 10.0. The van der Waals surface area contributed by atoms with Crippen LogP contribution in [0.25, 0.3) is 0 Å². The molecule has 7 nitrogen and oxygen atoms in total. The Morgan fingerprint density at radius 2 is 1.82 bits per heavy atom. The Balaban J connectivity index is 1.30. The number of benzene rings is 2. The zero-order chi connectivity index (χ0) is 23.9. The molecule has 1 aliphatic rings. The molecule has 4 rings (SSSR count). The first-order chi connectivity index (χ1) is 16.5. The lowest BCUT2D eigenvalue weighted by molar-refractivity contribution is -0.139. The van der Waals surface area contributed by atoms with Crippen LogP contribution < -0.4 is 15.4 Å². The van der Waals surface area contributed by atoms with Crippen LogP contribution in [0.5, 0.6) is 5.75 Å². The van der Waals surface area contributed by atoms with E-state index in [-0.39, 0.29) is 17.0 Å². The number of ether oxygens (including phenoxy) is 1. The number of carbonyl (C=O) groups excluding carboxylic acids is 1. The van der Waals surface area contributed by atoms with Gasteiger partial charge in [0.05, 0.1) is 17.1 Å². The maximum absolute atomic E-state index is 12.5. The van der Waals surface area contributed by atoms with Crippen LogP contribution in [0.1, 0.15) is 33.6 Å². The van der Waals surface area contributed by atoms with Crippen LogP contribution in [-0.2, 0) is 24.1 Å². The van der Waals surface area contributed by atoms with Gasteiger partial charge in [-0.2, -0.15) is 0 Å². The second-order valence-electron chi connectivity index (χ2n) is 8.14. The summed E-state index contributed by atoms with van der Waals surface area (Å²) in [6, 6.07) is 17.3. The molecule has 176 valence electrons. The number of carboxylic acid groups (broad SMARTS) is 1. The number of hydrogen-bond donors (Lipinski definition) is 3. The third-order valence-electron chi connectivity index (χ3n) is 5.65. The number of aromatic nitrogens is 1. The highest BCUT2D eigenvalue weighted by Crippen LogP contribution is 2.25. The number of aryl methyl sites for hydroxylation is 2. The van der Waals surface area contributed by atoms with Crippen LogP contribution in [-0.4, -0.2) is 41.2 Å². The van der Waals surface area contributed by atoms with E-state index in [0.717, 1.165) is 54.2 Å². The lowest BCUT2D eigenvalue weighted by Gasteiger charge is -2.18. The topological polar surface area (TPSA) is 101 Å². The number of carbonyl (C=O) groups is 2. The van der Waals surface area contributed by atoms with Crippen LogP contribution in [0.2, 0.25) is 5.02 Å². The van der Waals surface area contributed by atoms with Gasteiger partial charge in [-0.3, -0.25) is 4.79 Å². The van der Waals surface area contributed by atoms with Crippen molar-refractivity contribution in [3.8, 4) is 5.75 Å². The molecule has 8 heteroatoms. The van der Waals surface area contributed by atoms with Gasteiger partial charge in [-0.05, 0) is 54.7 Å². The molecule has 0 spiro atoms. The first-order valence-electron chi connectivity index (χ1n) is 11.2. The van der Waals surface area contributed by atoms with Crippen molar-refractivity contribution in [3.63, 3.8) is 0 Å². The molecule has 0 radical (unpaired) electrons. The summed E-state index contributed by atoms with van der Waals surface area (Å²) in [5.74, 6) is 0.00473. The molecule has 1 atom stereocenters. The van der Waals surface area contributed by atoms with Crippen LogP contribution in [0.15, 0.2) is 60.7 Å². The zero-order valence-corrected chi connectivity index (χ0v) is 19.3. The number of nitrogens with one attached hydrogen (secondary N) is 2. The molecule has 1 aliphatic heterocycles. The molecule has 2 aromatic carbocycles. The Morgan fingerprint density at radius 3 is 2.59 bits per heavy atom. The van der Waals surface area contributed by atoms with Crippen molar-refractivity contribution in [3.05, 3.63) is 88.1 Å². The average molecular weight is 480 g/mol. The molecule has 34 heavy (non-hydrogen) atoms. The van der Waals surface area contributed by atoms with Crippen molar-refractivity contribution < 1.29 is 19.4 Å². The molecule has 0 fully saturated rings. The van der Waals surface area contributed by atoms with E-state index in [1.807, 2.05) is 36.4 Å². The molecule has 0 bridgehead atoms. The molecular weight excluding hydrogens is 454 g/mol. The van der Waals surface area contributed by atoms with E-state index in [9.17, 15) is 14.7 Å². The number of pyridine rings is 1. The molecule has 1 amide bonds. The van der Waals surface area contributed by atoms with Gasteiger partial charge in [0.1, 0.15) is 12.6 Å². The van der Waals surface area contributed by atoms with E-state index in [4.69, 9.17) is 16.3 Å². The van der Waals surface area contributed by atoms with E-state index in [2.05, 4.69) is 15.6 Å². The predicted octanol–water partition coefficient (Wildman–Crippen LogP) is 4.14. The summed E-state index contributed by atoms with van der Waals surface area (Å²) in [5.41, 5.74) is 3.27. The van der Waals surface area contributed by atoms with Crippen LogP contribution in [0.3, 0.4) is 0 Å². The van der Waals surface area contributed by atoms with E-state index in [1.165, 1.54) is 0 Å². The lowest BCUT2D eigenvalue weighted by Crippen LogP contribution is -2.42. The minimum absolute atomic E-state index is 0.180. The fourth-order valence-electron chi connectivity index (χ4n) is 3.83. The number of nitrogens with zero attached hydrogens (tertiary/aromatic N) is 1. The molecule has 0 aliphatic carbocycles. The third kappa shape index (κ3) is 6.05. The highest BCUT2D eigenvalue weighted by molar-refractivity contribution is 6.33. The van der Waals surface area contributed by atoms with Crippen molar-refractivity contribution in [1.29, 1.82) is 0 Å². The number of rotatable bonds is 9. The molecule has 0 unspecified atom stereocenters. The summed E-state index contributed by atoms with van der Waals surface area (Å²) in [4.78, 5) is 28.8. The number of anilines is 1. The second kappa shape index (κ2) is 11.0. The molecule has 0 saturated carbocycles. The highest BCUT2D eigenvalue weighted by atomic mass is 35.5. The first kappa shape index (κ1) is 23.6. The number of amides is 1. The zero-order valence-electron chi connectivity index (χ0n) is 18.6. The molecular formula is C26H26ClN3O4. The largest absolute Gasteiger partial charge is 0.488 e. The van der Waals surface area contributed by atoms with Gasteiger partial charge < -0.3 is 20.5 Å². The van der Waals surface area contributed by atoms with Crippen LogP contribution in [0, 0.1) is 0 Å². The van der Waals surface area contributed by atoms with Gasteiger partial charge in [0.2, 0.25) is 0 Å². The highest BCUT2D eigenvalue weighted by Gasteiger charge is 2.22. The third-order valence-corrected chi connectivity index (χ3v) is 5.98. The molecule has 3 N–H and O–H groups in total. The fourth-order valence-corrected chi connectivity index (χ4v) is 4.05. The maximum Gasteiger partial charge on any atom is 0.326 e. The van der Waals surface area contributed by atoms with Gasteiger partial charge in [0, 0.05) is 12.1 Å². The standard InChI is InChI=1S/C26H26ClN3O4/c27-21-7-2-1-6-20(21)25(31)30-22(26(32)33)16-18-10-8-17(9-11-18)4-3-5-19-12-13-23-24(29-19)28-14-15-34-23/h1-2,6-13,22H,3-5,14-16H2,(H,28,29)(H,30,31)(H,32,33)/t22-/m0/s1. The van der Waals surface area contributed by atoms with Crippen molar-refractivity contribution in [2.45, 2.75) is 31.7 Å². The van der Waals surface area contributed by atoms with Crippen molar-refractivity contribution in [1.82, 2.24) is 10.3 Å². The maximum atomic E-state index is 12.5. The quantitative estimate of drug-likeness (QED) is 0.426. The van der Waals surface area contributed by atoms with Crippen molar-refractivity contribution in [2.75, 3.05) is 18.5 Å². The summed E-state index contributed by atoms with van der Waals surface area (Å²) in [7, 11) is 0. The van der Waals surface area contributed by atoms with Crippen molar-refractivity contribution >= 4 is 29.3 Å². The minimum Gasteiger partial charge on any atom is -0.488 e. The molecule has 2 heterocycles. The Labute approximate surface area is 203 Å². The normalized spacial score (nSPS) is 13.2. The van der Waals surface area contributed by atoms with Crippen molar-refractivity contribution in [2.24, 2.45) is 0 Å². The van der Waals surface area contributed by atoms with E-state index in [0.29, 0.717) is 6.61 Å².